The van der Waals surface area contributed by atoms with E-state index in [1.807, 2.05) is 30.3 Å². The summed E-state index contributed by atoms with van der Waals surface area (Å²) in [6, 6.07) is 17.5. The van der Waals surface area contributed by atoms with E-state index in [4.69, 9.17) is 9.47 Å². The SMILES string of the molecule is CCOC(=O)c1cc(-c2ccccc2)sc1NC(=O)C(C)OC(=O)c1ccc(-n2cnnn2)cc1. The quantitative estimate of drug-likeness (QED) is 0.370. The maximum Gasteiger partial charge on any atom is 0.341 e. The van der Waals surface area contributed by atoms with Crippen molar-refractivity contribution in [3.63, 3.8) is 0 Å². The summed E-state index contributed by atoms with van der Waals surface area (Å²) in [7, 11) is 0. The minimum absolute atomic E-state index is 0.197. The van der Waals surface area contributed by atoms with Crippen LogP contribution in [0.5, 0.6) is 0 Å². The van der Waals surface area contributed by atoms with E-state index in [1.54, 1.807) is 37.3 Å². The Bertz CT molecular complexity index is 1320. The number of esters is 2. The van der Waals surface area contributed by atoms with Crippen LogP contribution in [0.1, 0.15) is 34.6 Å². The predicted molar refractivity (Wildman–Crippen MR) is 128 cm³/mol. The van der Waals surface area contributed by atoms with Gasteiger partial charge < -0.3 is 14.8 Å². The summed E-state index contributed by atoms with van der Waals surface area (Å²) < 4.78 is 11.9. The first-order valence-electron chi connectivity index (χ1n) is 10.7. The van der Waals surface area contributed by atoms with E-state index in [9.17, 15) is 14.4 Å². The minimum atomic E-state index is -1.11. The van der Waals surface area contributed by atoms with Gasteiger partial charge in [0.25, 0.3) is 5.91 Å². The molecule has 1 unspecified atom stereocenters. The topological polar surface area (TPSA) is 125 Å². The zero-order valence-corrected chi connectivity index (χ0v) is 19.7. The molecule has 1 amide bonds. The second-order valence-corrected chi connectivity index (χ2v) is 8.33. The Morgan fingerprint density at radius 3 is 2.46 bits per heavy atom. The van der Waals surface area contributed by atoms with Crippen LogP contribution in [0.3, 0.4) is 0 Å². The second-order valence-electron chi connectivity index (χ2n) is 7.28. The Balaban J connectivity index is 1.46. The van der Waals surface area contributed by atoms with Crippen molar-refractivity contribution in [2.75, 3.05) is 11.9 Å². The summed E-state index contributed by atoms with van der Waals surface area (Å²) >= 11 is 1.24. The number of carbonyl (C=O) groups is 3. The fourth-order valence-electron chi connectivity index (χ4n) is 3.11. The van der Waals surface area contributed by atoms with Gasteiger partial charge in [-0.1, -0.05) is 30.3 Å². The van der Waals surface area contributed by atoms with Crippen molar-refractivity contribution in [1.29, 1.82) is 0 Å². The summed E-state index contributed by atoms with van der Waals surface area (Å²) in [5, 5.41) is 13.9. The van der Waals surface area contributed by atoms with Gasteiger partial charge in [-0.3, -0.25) is 4.79 Å². The molecule has 11 heteroatoms. The standard InChI is InChI=1S/C24H21N5O5S/c1-3-33-24(32)19-13-20(16-7-5-4-6-8-16)35-22(19)26-21(30)15(2)34-23(31)17-9-11-18(12-10-17)29-14-25-27-28-29/h4-15H,3H2,1-2H3,(H,26,30). The van der Waals surface area contributed by atoms with Crippen LogP contribution < -0.4 is 5.32 Å². The Morgan fingerprint density at radius 2 is 1.80 bits per heavy atom. The maximum absolute atomic E-state index is 12.8. The number of benzene rings is 2. The van der Waals surface area contributed by atoms with Gasteiger partial charge in [-0.25, -0.2) is 14.3 Å². The van der Waals surface area contributed by atoms with Crippen molar-refractivity contribution in [3.8, 4) is 16.1 Å². The first-order valence-corrected chi connectivity index (χ1v) is 11.5. The maximum atomic E-state index is 12.8. The number of aromatic nitrogens is 4. The number of ether oxygens (including phenoxy) is 2. The van der Waals surface area contributed by atoms with Gasteiger partial charge in [-0.05, 0) is 60.2 Å². The summed E-state index contributed by atoms with van der Waals surface area (Å²) in [5.74, 6) is -1.79. The zero-order chi connectivity index (χ0) is 24.8. The van der Waals surface area contributed by atoms with E-state index in [0.717, 1.165) is 10.4 Å². The molecule has 2 aromatic heterocycles. The number of carbonyl (C=O) groups excluding carboxylic acids is 3. The van der Waals surface area contributed by atoms with Gasteiger partial charge in [-0.2, -0.15) is 0 Å². The largest absolute Gasteiger partial charge is 0.462 e. The smallest absolute Gasteiger partial charge is 0.341 e. The highest BCUT2D eigenvalue weighted by Crippen LogP contribution is 2.36. The van der Waals surface area contributed by atoms with Gasteiger partial charge >= 0.3 is 11.9 Å². The molecular formula is C24H21N5O5S. The molecular weight excluding hydrogens is 470 g/mol. The fraction of sp³-hybridized carbons (Fsp3) is 0.167. The molecule has 2 aromatic carbocycles. The highest BCUT2D eigenvalue weighted by atomic mass is 32.1. The number of anilines is 1. The number of nitrogens with one attached hydrogen (secondary N) is 1. The number of nitrogens with zero attached hydrogens (tertiary/aromatic N) is 4. The van der Waals surface area contributed by atoms with Crippen LogP contribution in [-0.4, -0.2) is 50.8 Å². The lowest BCUT2D eigenvalue weighted by Gasteiger charge is -2.13. The van der Waals surface area contributed by atoms with Crippen molar-refractivity contribution < 1.29 is 23.9 Å². The molecule has 10 nitrogen and oxygen atoms in total. The van der Waals surface area contributed by atoms with Crippen LogP contribution in [0.15, 0.2) is 67.0 Å². The second kappa shape index (κ2) is 10.7. The average molecular weight is 492 g/mol. The van der Waals surface area contributed by atoms with Crippen LogP contribution in [0.2, 0.25) is 0 Å². The van der Waals surface area contributed by atoms with E-state index >= 15 is 0 Å². The van der Waals surface area contributed by atoms with E-state index in [2.05, 4.69) is 20.8 Å². The molecule has 0 aliphatic heterocycles. The Morgan fingerprint density at radius 1 is 1.06 bits per heavy atom. The molecule has 178 valence electrons. The average Bonchev–Trinajstić information content (AvgIpc) is 3.55. The molecule has 0 spiro atoms. The lowest BCUT2D eigenvalue weighted by Crippen LogP contribution is -2.30. The van der Waals surface area contributed by atoms with E-state index in [0.29, 0.717) is 10.7 Å². The fourth-order valence-corrected chi connectivity index (χ4v) is 4.17. The molecule has 0 radical (unpaired) electrons. The van der Waals surface area contributed by atoms with Crippen LogP contribution in [0.4, 0.5) is 5.00 Å². The van der Waals surface area contributed by atoms with Gasteiger partial charge in [0.05, 0.1) is 23.4 Å². The van der Waals surface area contributed by atoms with Crippen LogP contribution in [0, 0.1) is 0 Å². The molecule has 4 rings (SSSR count). The lowest BCUT2D eigenvalue weighted by atomic mass is 10.1. The van der Waals surface area contributed by atoms with Crippen LogP contribution >= 0.6 is 11.3 Å². The molecule has 0 aliphatic carbocycles. The number of thiophene rings is 1. The van der Waals surface area contributed by atoms with Crippen molar-refractivity contribution in [1.82, 2.24) is 20.2 Å². The number of hydrogen-bond donors (Lipinski definition) is 1. The van der Waals surface area contributed by atoms with Crippen molar-refractivity contribution in [2.45, 2.75) is 20.0 Å². The van der Waals surface area contributed by atoms with Gasteiger partial charge in [0, 0.05) is 4.88 Å². The highest BCUT2D eigenvalue weighted by molar-refractivity contribution is 7.20. The van der Waals surface area contributed by atoms with Crippen LogP contribution in [-0.2, 0) is 14.3 Å². The first-order chi connectivity index (χ1) is 17.0. The van der Waals surface area contributed by atoms with Gasteiger partial charge in [-0.15, -0.1) is 16.4 Å². The summed E-state index contributed by atoms with van der Waals surface area (Å²) in [5.41, 5.74) is 2.06. The molecule has 35 heavy (non-hydrogen) atoms. The number of rotatable bonds is 8. The molecule has 0 saturated carbocycles. The molecule has 1 atom stereocenters. The third-order valence-corrected chi connectivity index (χ3v) is 5.99. The Labute approximate surface area is 204 Å². The minimum Gasteiger partial charge on any atom is -0.462 e. The van der Waals surface area contributed by atoms with Crippen molar-refractivity contribution in [3.05, 3.63) is 78.1 Å². The van der Waals surface area contributed by atoms with Gasteiger partial charge in [0.1, 0.15) is 11.3 Å². The highest BCUT2D eigenvalue weighted by Gasteiger charge is 2.24. The number of hydrogen-bond acceptors (Lipinski definition) is 9. The molecule has 0 fully saturated rings. The summed E-state index contributed by atoms with van der Waals surface area (Å²) in [6.07, 6.45) is 0.317. The van der Waals surface area contributed by atoms with Gasteiger partial charge in [0.15, 0.2) is 6.10 Å². The number of tetrazole rings is 1. The van der Waals surface area contributed by atoms with E-state index in [1.165, 1.54) is 29.3 Å². The van der Waals surface area contributed by atoms with E-state index in [-0.39, 0.29) is 17.7 Å². The normalized spacial score (nSPS) is 11.5. The molecule has 0 bridgehead atoms. The molecule has 4 aromatic rings. The van der Waals surface area contributed by atoms with Crippen molar-refractivity contribution >= 4 is 34.2 Å². The van der Waals surface area contributed by atoms with Gasteiger partial charge in [0.2, 0.25) is 0 Å². The van der Waals surface area contributed by atoms with Crippen molar-refractivity contribution in [2.24, 2.45) is 0 Å². The third kappa shape index (κ3) is 5.58. The van der Waals surface area contributed by atoms with E-state index < -0.39 is 23.9 Å². The first kappa shape index (κ1) is 23.8. The lowest BCUT2D eigenvalue weighted by molar-refractivity contribution is -0.123. The zero-order valence-electron chi connectivity index (χ0n) is 18.9. The monoisotopic (exact) mass is 491 g/mol. The summed E-state index contributed by atoms with van der Waals surface area (Å²) in [4.78, 5) is 38.6. The van der Waals surface area contributed by atoms with Crippen LogP contribution in [0.25, 0.3) is 16.1 Å². The predicted octanol–water partition coefficient (Wildman–Crippen LogP) is 3.75. The third-order valence-electron chi connectivity index (χ3n) is 4.89. The molecule has 0 aliphatic rings. The number of amides is 1. The molecule has 1 N–H and O–H groups in total. The Kier molecular flexibility index (Phi) is 7.27. The summed E-state index contributed by atoms with van der Waals surface area (Å²) in [6.45, 7) is 3.36. The Hall–Kier alpha value is -4.38. The molecule has 2 heterocycles. The molecule has 0 saturated heterocycles.